The van der Waals surface area contributed by atoms with Gasteiger partial charge < -0.3 is 10.0 Å². The average molecular weight is 348 g/mol. The van der Waals surface area contributed by atoms with Crippen LogP contribution in [0.25, 0.3) is 0 Å². The van der Waals surface area contributed by atoms with Crippen LogP contribution in [-0.4, -0.2) is 60.0 Å². The standard InChI is InChI=1S/C13H18ClN3O4S/c1-22(21)13(12(19)20)3-6-16(7-4-13)11(18)2-5-17-9-10(14)8-15-17/h8-9H,2-7H2,1H3,(H,19,20). The predicted molar refractivity (Wildman–Crippen MR) is 82.1 cm³/mol. The summed E-state index contributed by atoms with van der Waals surface area (Å²) in [6, 6.07) is 0. The second-order valence-electron chi connectivity index (χ2n) is 5.31. The first-order valence-electron chi connectivity index (χ1n) is 6.88. The van der Waals surface area contributed by atoms with Gasteiger partial charge in [-0.15, -0.1) is 0 Å². The summed E-state index contributed by atoms with van der Waals surface area (Å²) in [6.45, 7) is 1.04. The smallest absolute Gasteiger partial charge is 0.322 e. The highest BCUT2D eigenvalue weighted by molar-refractivity contribution is 7.86. The average Bonchev–Trinajstić information content (AvgIpc) is 2.90. The van der Waals surface area contributed by atoms with Crippen molar-refractivity contribution in [3.05, 3.63) is 17.4 Å². The van der Waals surface area contributed by atoms with Crippen LogP contribution in [0.3, 0.4) is 0 Å². The Labute approximate surface area is 135 Å². The molecule has 2 rings (SSSR count). The van der Waals surface area contributed by atoms with E-state index in [1.807, 2.05) is 0 Å². The van der Waals surface area contributed by atoms with Gasteiger partial charge in [0.2, 0.25) is 5.91 Å². The first-order chi connectivity index (χ1) is 10.3. The fraction of sp³-hybridized carbons (Fsp3) is 0.615. The zero-order valence-corrected chi connectivity index (χ0v) is 13.8. The number of carbonyl (C=O) groups excluding carboxylic acids is 1. The molecule has 122 valence electrons. The first-order valence-corrected chi connectivity index (χ1v) is 8.81. The van der Waals surface area contributed by atoms with Crippen LogP contribution in [0.4, 0.5) is 0 Å². The van der Waals surface area contributed by atoms with Crippen molar-refractivity contribution in [2.75, 3.05) is 19.3 Å². The van der Waals surface area contributed by atoms with Crippen molar-refractivity contribution in [3.8, 4) is 0 Å². The number of hydrogen-bond acceptors (Lipinski definition) is 4. The second-order valence-corrected chi connectivity index (χ2v) is 7.43. The maximum Gasteiger partial charge on any atom is 0.322 e. The minimum Gasteiger partial charge on any atom is -0.480 e. The number of amides is 1. The molecule has 1 saturated heterocycles. The Morgan fingerprint density at radius 2 is 2.09 bits per heavy atom. The Morgan fingerprint density at radius 3 is 2.55 bits per heavy atom. The molecule has 7 nitrogen and oxygen atoms in total. The molecule has 1 N–H and O–H groups in total. The SMILES string of the molecule is CS(=O)C1(C(=O)O)CCN(C(=O)CCn2cc(Cl)cn2)CC1. The number of hydrogen-bond donors (Lipinski definition) is 1. The maximum atomic E-state index is 12.2. The zero-order chi connectivity index (χ0) is 16.3. The molecule has 1 atom stereocenters. The molecule has 0 aromatic carbocycles. The lowest BCUT2D eigenvalue weighted by Gasteiger charge is -2.37. The van der Waals surface area contributed by atoms with Crippen LogP contribution < -0.4 is 0 Å². The number of aliphatic carboxylic acids is 1. The van der Waals surface area contributed by atoms with Crippen LogP contribution >= 0.6 is 11.6 Å². The van der Waals surface area contributed by atoms with Crippen LogP contribution in [0.2, 0.25) is 5.02 Å². The molecule has 0 radical (unpaired) electrons. The van der Waals surface area contributed by atoms with Crippen LogP contribution in [0.5, 0.6) is 0 Å². The maximum absolute atomic E-state index is 12.2. The van der Waals surface area contributed by atoms with E-state index < -0.39 is 21.5 Å². The second kappa shape index (κ2) is 6.78. The van der Waals surface area contributed by atoms with Gasteiger partial charge in [-0.3, -0.25) is 18.5 Å². The van der Waals surface area contributed by atoms with Crippen molar-refractivity contribution in [3.63, 3.8) is 0 Å². The molecule has 9 heteroatoms. The van der Waals surface area contributed by atoms with E-state index in [0.717, 1.165) is 0 Å². The van der Waals surface area contributed by atoms with Crippen molar-refractivity contribution in [1.82, 2.24) is 14.7 Å². The monoisotopic (exact) mass is 347 g/mol. The number of carboxylic acid groups (broad SMARTS) is 1. The van der Waals surface area contributed by atoms with Gasteiger partial charge in [-0.2, -0.15) is 5.10 Å². The highest BCUT2D eigenvalue weighted by Crippen LogP contribution is 2.28. The molecule has 0 saturated carbocycles. The number of piperidine rings is 1. The van der Waals surface area contributed by atoms with Crippen molar-refractivity contribution in [2.45, 2.75) is 30.6 Å². The summed E-state index contributed by atoms with van der Waals surface area (Å²) in [5, 5.41) is 13.8. The summed E-state index contributed by atoms with van der Waals surface area (Å²) in [6.07, 6.45) is 5.25. The molecule has 1 aliphatic heterocycles. The predicted octanol–water partition coefficient (Wildman–Crippen LogP) is 0.751. The van der Waals surface area contributed by atoms with Gasteiger partial charge in [-0.05, 0) is 12.8 Å². The van der Waals surface area contributed by atoms with Gasteiger partial charge in [0.1, 0.15) is 4.75 Å². The van der Waals surface area contributed by atoms with Gasteiger partial charge in [0.15, 0.2) is 0 Å². The number of aromatic nitrogens is 2. The van der Waals surface area contributed by atoms with Gasteiger partial charge in [-0.25, -0.2) is 0 Å². The van der Waals surface area contributed by atoms with Crippen molar-refractivity contribution >= 4 is 34.3 Å². The third-order valence-electron chi connectivity index (χ3n) is 4.02. The largest absolute Gasteiger partial charge is 0.480 e. The summed E-state index contributed by atoms with van der Waals surface area (Å²) >= 11 is 5.75. The van der Waals surface area contributed by atoms with Crippen LogP contribution in [0.1, 0.15) is 19.3 Å². The molecule has 1 aromatic heterocycles. The molecule has 22 heavy (non-hydrogen) atoms. The Bertz CT molecular complexity index is 580. The molecule has 1 aliphatic rings. The van der Waals surface area contributed by atoms with Gasteiger partial charge in [0, 0.05) is 49.3 Å². The van der Waals surface area contributed by atoms with E-state index in [1.54, 1.807) is 15.8 Å². The lowest BCUT2D eigenvalue weighted by atomic mass is 9.95. The fourth-order valence-electron chi connectivity index (χ4n) is 2.57. The van der Waals surface area contributed by atoms with E-state index in [9.17, 15) is 18.9 Å². The van der Waals surface area contributed by atoms with Crippen LogP contribution in [0, 0.1) is 0 Å². The number of nitrogens with zero attached hydrogens (tertiary/aromatic N) is 3. The Morgan fingerprint density at radius 1 is 1.45 bits per heavy atom. The Hall–Kier alpha value is -1.41. The van der Waals surface area contributed by atoms with Crippen LogP contribution in [-0.2, 0) is 26.9 Å². The molecule has 0 aliphatic carbocycles. The molecular weight excluding hydrogens is 330 g/mol. The number of aryl methyl sites for hydroxylation is 1. The molecule has 1 amide bonds. The summed E-state index contributed by atoms with van der Waals surface area (Å²) < 4.78 is 12.1. The molecule has 1 aromatic rings. The van der Waals surface area contributed by atoms with E-state index >= 15 is 0 Å². The van der Waals surface area contributed by atoms with E-state index in [1.165, 1.54) is 12.5 Å². The van der Waals surface area contributed by atoms with E-state index in [0.29, 0.717) is 24.7 Å². The van der Waals surface area contributed by atoms with E-state index in [4.69, 9.17) is 11.6 Å². The highest BCUT2D eigenvalue weighted by atomic mass is 35.5. The number of carboxylic acids is 1. The number of carbonyl (C=O) groups is 2. The lowest BCUT2D eigenvalue weighted by molar-refractivity contribution is -0.143. The third kappa shape index (κ3) is 3.49. The summed E-state index contributed by atoms with van der Waals surface area (Å²) in [5.41, 5.74) is 0. The molecular formula is C13H18ClN3O4S. The zero-order valence-electron chi connectivity index (χ0n) is 12.2. The quantitative estimate of drug-likeness (QED) is 0.848. The van der Waals surface area contributed by atoms with E-state index in [-0.39, 0.29) is 25.2 Å². The number of rotatable bonds is 5. The minimum absolute atomic E-state index is 0.0625. The van der Waals surface area contributed by atoms with Crippen molar-refractivity contribution in [2.24, 2.45) is 0 Å². The Balaban J connectivity index is 1.89. The summed E-state index contributed by atoms with van der Waals surface area (Å²) in [7, 11) is -1.47. The first kappa shape index (κ1) is 17.0. The van der Waals surface area contributed by atoms with Crippen molar-refractivity contribution < 1.29 is 18.9 Å². The number of likely N-dealkylation sites (tertiary alicyclic amines) is 1. The fourth-order valence-corrected chi connectivity index (χ4v) is 3.73. The third-order valence-corrected chi connectivity index (χ3v) is 5.90. The van der Waals surface area contributed by atoms with Gasteiger partial charge >= 0.3 is 5.97 Å². The normalized spacial score (nSPS) is 18.9. The molecule has 1 fully saturated rings. The molecule has 1 unspecified atom stereocenters. The molecule has 2 heterocycles. The van der Waals surface area contributed by atoms with Gasteiger partial charge in [0.25, 0.3) is 0 Å². The minimum atomic E-state index is -1.47. The number of halogens is 1. The van der Waals surface area contributed by atoms with E-state index in [2.05, 4.69) is 5.10 Å². The summed E-state index contributed by atoms with van der Waals surface area (Å²) in [5.74, 6) is -1.11. The van der Waals surface area contributed by atoms with Gasteiger partial charge in [-0.1, -0.05) is 11.6 Å². The topological polar surface area (TPSA) is 92.5 Å². The van der Waals surface area contributed by atoms with Gasteiger partial charge in [0.05, 0.1) is 11.2 Å². The summed E-state index contributed by atoms with van der Waals surface area (Å²) in [4.78, 5) is 25.2. The van der Waals surface area contributed by atoms with Crippen LogP contribution in [0.15, 0.2) is 12.4 Å². The molecule has 0 bridgehead atoms. The lowest BCUT2D eigenvalue weighted by Crippen LogP contribution is -2.53. The highest BCUT2D eigenvalue weighted by Gasteiger charge is 2.45. The Kier molecular flexibility index (Phi) is 5.23. The van der Waals surface area contributed by atoms with Crippen molar-refractivity contribution in [1.29, 1.82) is 0 Å². The molecule has 0 spiro atoms.